The van der Waals surface area contributed by atoms with E-state index in [-0.39, 0.29) is 12.1 Å². The zero-order chi connectivity index (χ0) is 17.8. The Kier molecular flexibility index (Phi) is 5.47. The minimum absolute atomic E-state index is 0.0340. The van der Waals surface area contributed by atoms with Gasteiger partial charge in [-0.1, -0.05) is 43.7 Å². The maximum absolute atomic E-state index is 11.6. The number of aryl methyl sites for hydroxylation is 2. The minimum atomic E-state index is -0.0541. The molecule has 0 bridgehead atoms. The summed E-state index contributed by atoms with van der Waals surface area (Å²) in [4.78, 5) is 20.6. The minimum Gasteiger partial charge on any atom is -0.462 e. The maximum Gasteiger partial charge on any atom is 0.306 e. The Balaban J connectivity index is 1.60. The van der Waals surface area contributed by atoms with Crippen molar-refractivity contribution in [1.82, 2.24) is 9.97 Å². The van der Waals surface area contributed by atoms with Crippen LogP contribution in [0, 0.1) is 18.8 Å². The van der Waals surface area contributed by atoms with Crippen LogP contribution in [0.5, 0.6) is 0 Å². The van der Waals surface area contributed by atoms with E-state index in [9.17, 15) is 4.79 Å². The quantitative estimate of drug-likeness (QED) is 0.734. The maximum atomic E-state index is 11.6. The molecule has 1 aromatic carbocycles. The zero-order valence-electron chi connectivity index (χ0n) is 15.2. The number of benzene rings is 1. The molecule has 1 saturated heterocycles. The van der Waals surface area contributed by atoms with E-state index in [0.29, 0.717) is 18.3 Å². The molecule has 4 heteroatoms. The zero-order valence-corrected chi connectivity index (χ0v) is 15.2. The van der Waals surface area contributed by atoms with Crippen molar-refractivity contribution in [1.29, 1.82) is 0 Å². The third kappa shape index (κ3) is 4.65. The van der Waals surface area contributed by atoms with Gasteiger partial charge in [-0.3, -0.25) is 4.79 Å². The summed E-state index contributed by atoms with van der Waals surface area (Å²) in [5.41, 5.74) is 3.34. The van der Waals surface area contributed by atoms with Gasteiger partial charge in [0.2, 0.25) is 0 Å². The van der Waals surface area contributed by atoms with Crippen LogP contribution in [-0.2, 0) is 16.0 Å². The Morgan fingerprint density at radius 3 is 2.48 bits per heavy atom. The Morgan fingerprint density at radius 1 is 1.16 bits per heavy atom. The molecule has 2 heterocycles. The summed E-state index contributed by atoms with van der Waals surface area (Å²) in [6, 6.07) is 8.21. The predicted molar refractivity (Wildman–Crippen MR) is 98.0 cm³/mol. The Bertz CT molecular complexity index is 708. The second kappa shape index (κ2) is 7.77. The number of hydrogen-bond acceptors (Lipinski definition) is 4. The molecule has 2 aromatic rings. The molecular formula is C21H26N2O2. The number of aromatic nitrogens is 2. The van der Waals surface area contributed by atoms with Crippen LogP contribution in [0.1, 0.15) is 44.2 Å². The Morgan fingerprint density at radius 2 is 1.84 bits per heavy atom. The smallest absolute Gasteiger partial charge is 0.306 e. The lowest BCUT2D eigenvalue weighted by molar-refractivity contribution is -0.141. The number of ether oxygens (including phenoxy) is 1. The van der Waals surface area contributed by atoms with Crippen LogP contribution in [0.4, 0.5) is 0 Å². The van der Waals surface area contributed by atoms with E-state index < -0.39 is 0 Å². The number of cyclic esters (lactones) is 1. The fourth-order valence-electron chi connectivity index (χ4n) is 3.44. The van der Waals surface area contributed by atoms with E-state index in [0.717, 1.165) is 36.2 Å². The van der Waals surface area contributed by atoms with Gasteiger partial charge in [-0.05, 0) is 37.7 Å². The molecule has 0 amide bonds. The first kappa shape index (κ1) is 17.6. The van der Waals surface area contributed by atoms with Gasteiger partial charge in [0.25, 0.3) is 0 Å². The molecule has 1 unspecified atom stereocenters. The summed E-state index contributed by atoms with van der Waals surface area (Å²) in [6.07, 6.45) is 7.08. The van der Waals surface area contributed by atoms with Crippen LogP contribution >= 0.6 is 0 Å². The Hall–Kier alpha value is -2.23. The van der Waals surface area contributed by atoms with Crippen molar-refractivity contribution in [3.05, 3.63) is 47.8 Å². The van der Waals surface area contributed by atoms with Gasteiger partial charge in [0, 0.05) is 23.9 Å². The van der Waals surface area contributed by atoms with E-state index in [4.69, 9.17) is 4.74 Å². The van der Waals surface area contributed by atoms with Gasteiger partial charge in [-0.15, -0.1) is 0 Å². The van der Waals surface area contributed by atoms with E-state index in [1.807, 2.05) is 24.5 Å². The van der Waals surface area contributed by atoms with Gasteiger partial charge in [0.1, 0.15) is 6.10 Å². The summed E-state index contributed by atoms with van der Waals surface area (Å²) >= 11 is 0. The van der Waals surface area contributed by atoms with Crippen molar-refractivity contribution in [3.63, 3.8) is 0 Å². The van der Waals surface area contributed by atoms with Gasteiger partial charge in [-0.2, -0.15) is 0 Å². The number of esters is 1. The number of carbonyl (C=O) groups is 1. The number of carbonyl (C=O) groups excluding carboxylic acids is 1. The molecule has 3 rings (SSSR count). The molecular weight excluding hydrogens is 312 g/mol. The second-order valence-electron chi connectivity index (χ2n) is 7.44. The highest BCUT2D eigenvalue weighted by Crippen LogP contribution is 2.31. The van der Waals surface area contributed by atoms with Crippen LogP contribution < -0.4 is 0 Å². The summed E-state index contributed by atoms with van der Waals surface area (Å²) in [6.45, 7) is 6.45. The van der Waals surface area contributed by atoms with Gasteiger partial charge in [0.15, 0.2) is 5.82 Å². The fraction of sp³-hybridized carbons (Fsp3) is 0.476. The van der Waals surface area contributed by atoms with Crippen molar-refractivity contribution in [2.45, 2.75) is 52.6 Å². The van der Waals surface area contributed by atoms with E-state index in [1.54, 1.807) is 0 Å². The molecule has 1 aliphatic rings. The van der Waals surface area contributed by atoms with Crippen molar-refractivity contribution >= 4 is 5.97 Å². The van der Waals surface area contributed by atoms with E-state index >= 15 is 0 Å². The highest BCUT2D eigenvalue weighted by atomic mass is 16.5. The van der Waals surface area contributed by atoms with Gasteiger partial charge >= 0.3 is 5.97 Å². The van der Waals surface area contributed by atoms with Gasteiger partial charge in [0.05, 0.1) is 6.42 Å². The molecule has 25 heavy (non-hydrogen) atoms. The molecule has 0 radical (unpaired) electrons. The summed E-state index contributed by atoms with van der Waals surface area (Å²) in [5, 5.41) is 0. The largest absolute Gasteiger partial charge is 0.462 e. The van der Waals surface area contributed by atoms with E-state index in [2.05, 4.69) is 42.9 Å². The first-order valence-corrected chi connectivity index (χ1v) is 9.08. The Labute approximate surface area is 149 Å². The lowest BCUT2D eigenvalue weighted by Gasteiger charge is -2.19. The van der Waals surface area contributed by atoms with Crippen molar-refractivity contribution < 1.29 is 9.53 Å². The van der Waals surface area contributed by atoms with Crippen molar-refractivity contribution in [3.8, 4) is 11.4 Å². The molecule has 0 aliphatic carbocycles. The van der Waals surface area contributed by atoms with Crippen molar-refractivity contribution in [2.75, 3.05) is 0 Å². The summed E-state index contributed by atoms with van der Waals surface area (Å²) < 4.78 is 5.52. The molecule has 0 saturated carbocycles. The molecule has 1 aliphatic heterocycles. The average Bonchev–Trinajstić information content (AvgIpc) is 2.93. The van der Waals surface area contributed by atoms with Gasteiger partial charge in [-0.25, -0.2) is 9.97 Å². The van der Waals surface area contributed by atoms with Crippen LogP contribution in [0.2, 0.25) is 0 Å². The highest BCUT2D eigenvalue weighted by molar-refractivity contribution is 5.72. The molecule has 1 fully saturated rings. The molecule has 132 valence electrons. The fourth-order valence-corrected chi connectivity index (χ4v) is 3.44. The summed E-state index contributed by atoms with van der Waals surface area (Å²) in [5.74, 6) is 1.62. The monoisotopic (exact) mass is 338 g/mol. The van der Waals surface area contributed by atoms with Crippen LogP contribution in [0.25, 0.3) is 11.4 Å². The second-order valence-corrected chi connectivity index (χ2v) is 7.44. The molecule has 4 nitrogen and oxygen atoms in total. The lowest BCUT2D eigenvalue weighted by atomic mass is 9.89. The highest BCUT2D eigenvalue weighted by Gasteiger charge is 2.34. The average molecular weight is 338 g/mol. The number of hydrogen-bond donors (Lipinski definition) is 0. The van der Waals surface area contributed by atoms with Crippen LogP contribution in [-0.4, -0.2) is 22.0 Å². The third-order valence-corrected chi connectivity index (χ3v) is 4.74. The first-order chi connectivity index (χ1) is 12.0. The molecule has 2 atom stereocenters. The number of nitrogens with zero attached hydrogens (tertiary/aromatic N) is 2. The standard InChI is InChI=1S/C21H26N2O2/c1-14(2)10-18-11-20(24)25-19(18)9-6-16-12-22-21(23-13-16)17-7-4-15(3)5-8-17/h4-5,7-8,12-14,18-19H,6,9-11H2,1-3H3/t18?,19-/m1/s1. The number of rotatable bonds is 6. The van der Waals surface area contributed by atoms with Crippen molar-refractivity contribution in [2.24, 2.45) is 11.8 Å². The SMILES string of the molecule is Cc1ccc(-c2ncc(CC[C@H]3OC(=O)CC3CC(C)C)cn2)cc1. The van der Waals surface area contributed by atoms with Crippen LogP contribution in [0.15, 0.2) is 36.7 Å². The van der Waals surface area contributed by atoms with Crippen LogP contribution in [0.3, 0.4) is 0 Å². The van der Waals surface area contributed by atoms with E-state index in [1.165, 1.54) is 5.56 Å². The summed E-state index contributed by atoms with van der Waals surface area (Å²) in [7, 11) is 0. The first-order valence-electron chi connectivity index (χ1n) is 9.08. The third-order valence-electron chi connectivity index (χ3n) is 4.74. The normalized spacial score (nSPS) is 20.1. The molecule has 0 spiro atoms. The predicted octanol–water partition coefficient (Wildman–Crippen LogP) is 4.36. The molecule has 0 N–H and O–H groups in total. The molecule has 1 aromatic heterocycles. The topological polar surface area (TPSA) is 52.1 Å². The van der Waals surface area contributed by atoms with Gasteiger partial charge < -0.3 is 4.74 Å². The lowest BCUT2D eigenvalue weighted by Crippen LogP contribution is -2.18.